The number of anilines is 1. The van der Waals surface area contributed by atoms with Crippen molar-refractivity contribution < 1.29 is 29.0 Å². The second-order valence-corrected chi connectivity index (χ2v) is 11.1. The van der Waals surface area contributed by atoms with E-state index in [1.165, 1.54) is 5.56 Å². The summed E-state index contributed by atoms with van der Waals surface area (Å²) in [5.41, 5.74) is 2.75. The van der Waals surface area contributed by atoms with Crippen molar-refractivity contribution in [3.63, 3.8) is 0 Å². The first kappa shape index (κ1) is 33.8. The molecule has 3 amide bonds. The monoisotopic (exact) mass is 569 g/mol. The molecular weight excluding hydrogens is 522 g/mol. The van der Waals surface area contributed by atoms with Crippen LogP contribution in [0.1, 0.15) is 87.7 Å². The summed E-state index contributed by atoms with van der Waals surface area (Å²) in [5, 5.41) is 14.9. The van der Waals surface area contributed by atoms with Gasteiger partial charge in [0.1, 0.15) is 5.60 Å². The van der Waals surface area contributed by atoms with E-state index in [0.717, 1.165) is 17.7 Å². The maximum Gasteiger partial charge on any atom is 0.407 e. The lowest BCUT2D eigenvalue weighted by molar-refractivity contribution is -0.118. The molecule has 9 nitrogen and oxygen atoms in total. The molecule has 0 aliphatic carbocycles. The maximum absolute atomic E-state index is 13.1. The van der Waals surface area contributed by atoms with Gasteiger partial charge in [-0.2, -0.15) is 0 Å². The second kappa shape index (κ2) is 17.4. The van der Waals surface area contributed by atoms with Gasteiger partial charge in [-0.3, -0.25) is 9.59 Å². The zero-order chi connectivity index (χ0) is 30.3. The molecule has 1 unspecified atom stereocenters. The number of amides is 3. The number of nitrogens with one attached hydrogen (secondary N) is 2. The largest absolute Gasteiger partial charge is 0.444 e. The molecule has 0 saturated carbocycles. The van der Waals surface area contributed by atoms with Crippen molar-refractivity contribution in [3.8, 4) is 0 Å². The summed E-state index contributed by atoms with van der Waals surface area (Å²) >= 11 is 0. The van der Waals surface area contributed by atoms with E-state index in [1.807, 2.05) is 24.3 Å². The smallest absolute Gasteiger partial charge is 0.407 e. The molecule has 2 rings (SSSR count). The highest BCUT2D eigenvalue weighted by molar-refractivity contribution is 5.94. The van der Waals surface area contributed by atoms with Crippen LogP contribution in [0, 0.1) is 0 Å². The van der Waals surface area contributed by atoms with Crippen molar-refractivity contribution in [2.24, 2.45) is 0 Å². The molecule has 0 saturated heterocycles. The van der Waals surface area contributed by atoms with Crippen LogP contribution >= 0.6 is 0 Å². The molecule has 0 aromatic heterocycles. The molecule has 2 aromatic carbocycles. The lowest BCUT2D eigenvalue weighted by atomic mass is 9.97. The molecule has 0 spiro atoms. The minimum absolute atomic E-state index is 0.0586. The Morgan fingerprint density at radius 1 is 0.927 bits per heavy atom. The number of nitrogens with zero attached hydrogens (tertiary/aromatic N) is 1. The van der Waals surface area contributed by atoms with Gasteiger partial charge >= 0.3 is 6.09 Å². The standard InChI is InChI=1S/C32H47N3O6/c1-6-24(2)26-12-14-27(15-13-26)30(38)33-19-21-40-22-20-35(28-16-10-25(23-36)11-17-28)29(37)9-7-8-18-34-31(39)41-32(3,4)5/h10-17,24,36H,6-9,18-23H2,1-5H3,(H,33,38)(H,34,39). The highest BCUT2D eigenvalue weighted by Crippen LogP contribution is 2.19. The van der Waals surface area contributed by atoms with Gasteiger partial charge in [0.25, 0.3) is 5.91 Å². The molecule has 0 heterocycles. The third-order valence-electron chi connectivity index (χ3n) is 6.56. The molecule has 0 radical (unpaired) electrons. The van der Waals surface area contributed by atoms with Gasteiger partial charge in [0.15, 0.2) is 0 Å². The Bertz CT molecular complexity index is 1080. The Morgan fingerprint density at radius 3 is 2.22 bits per heavy atom. The summed E-state index contributed by atoms with van der Waals surface area (Å²) in [6, 6.07) is 14.9. The van der Waals surface area contributed by atoms with Crippen LogP contribution in [-0.2, 0) is 20.9 Å². The number of benzene rings is 2. The lowest BCUT2D eigenvalue weighted by Gasteiger charge is -2.23. The Balaban J connectivity index is 1.79. The van der Waals surface area contributed by atoms with Crippen LogP contribution in [-0.4, -0.2) is 61.5 Å². The lowest BCUT2D eigenvalue weighted by Crippen LogP contribution is -2.35. The number of aliphatic hydroxyl groups is 1. The number of carbonyl (C=O) groups excluding carboxylic acids is 3. The Morgan fingerprint density at radius 2 is 1.61 bits per heavy atom. The van der Waals surface area contributed by atoms with Crippen molar-refractivity contribution in [2.45, 2.75) is 78.4 Å². The van der Waals surface area contributed by atoms with Crippen LogP contribution < -0.4 is 15.5 Å². The highest BCUT2D eigenvalue weighted by Gasteiger charge is 2.17. The van der Waals surface area contributed by atoms with Gasteiger partial charge in [-0.15, -0.1) is 0 Å². The second-order valence-electron chi connectivity index (χ2n) is 11.1. The minimum atomic E-state index is -0.556. The first-order valence-corrected chi connectivity index (χ1v) is 14.5. The van der Waals surface area contributed by atoms with Crippen LogP contribution in [0.3, 0.4) is 0 Å². The van der Waals surface area contributed by atoms with Crippen molar-refractivity contribution in [1.29, 1.82) is 0 Å². The number of aliphatic hydroxyl groups excluding tert-OH is 1. The Labute approximate surface area is 244 Å². The average Bonchev–Trinajstić information content (AvgIpc) is 2.95. The van der Waals surface area contributed by atoms with Gasteiger partial charge in [0.2, 0.25) is 5.91 Å². The molecule has 226 valence electrons. The van der Waals surface area contributed by atoms with Crippen molar-refractivity contribution in [2.75, 3.05) is 37.7 Å². The van der Waals surface area contributed by atoms with Gasteiger partial charge < -0.3 is 30.1 Å². The molecule has 3 N–H and O–H groups in total. The van der Waals surface area contributed by atoms with E-state index in [-0.39, 0.29) is 18.4 Å². The molecule has 0 aliphatic rings. The van der Waals surface area contributed by atoms with Crippen LogP contribution in [0.25, 0.3) is 0 Å². The number of hydrogen-bond donors (Lipinski definition) is 3. The molecule has 9 heteroatoms. The molecule has 0 aliphatic heterocycles. The van der Waals surface area contributed by atoms with E-state index in [4.69, 9.17) is 9.47 Å². The summed E-state index contributed by atoms with van der Waals surface area (Å²) in [6.07, 6.45) is 2.13. The van der Waals surface area contributed by atoms with Gasteiger partial charge in [-0.25, -0.2) is 4.79 Å². The first-order chi connectivity index (χ1) is 19.5. The predicted octanol–water partition coefficient (Wildman–Crippen LogP) is 5.17. The molecule has 0 fully saturated rings. The zero-order valence-electron chi connectivity index (χ0n) is 25.2. The number of hydrogen-bond acceptors (Lipinski definition) is 6. The van der Waals surface area contributed by atoms with Gasteiger partial charge in [0, 0.05) is 37.3 Å². The Kier molecular flexibility index (Phi) is 14.3. The van der Waals surface area contributed by atoms with Crippen LogP contribution in [0.4, 0.5) is 10.5 Å². The molecular formula is C32H47N3O6. The van der Waals surface area contributed by atoms with Crippen molar-refractivity contribution >= 4 is 23.6 Å². The molecule has 0 bridgehead atoms. The number of unbranched alkanes of at least 4 members (excludes halogenated alkanes) is 1. The van der Waals surface area contributed by atoms with Crippen LogP contribution in [0.2, 0.25) is 0 Å². The normalized spacial score (nSPS) is 12.0. The average molecular weight is 570 g/mol. The Hall–Kier alpha value is -3.43. The first-order valence-electron chi connectivity index (χ1n) is 14.5. The third-order valence-corrected chi connectivity index (χ3v) is 6.56. The van der Waals surface area contributed by atoms with E-state index in [0.29, 0.717) is 63.6 Å². The molecule has 1 atom stereocenters. The van der Waals surface area contributed by atoms with E-state index >= 15 is 0 Å². The van der Waals surface area contributed by atoms with Gasteiger partial charge in [-0.1, -0.05) is 38.1 Å². The maximum atomic E-state index is 13.1. The van der Waals surface area contributed by atoms with E-state index in [2.05, 4.69) is 24.5 Å². The van der Waals surface area contributed by atoms with Crippen LogP contribution in [0.15, 0.2) is 48.5 Å². The summed E-state index contributed by atoms with van der Waals surface area (Å²) in [6.45, 7) is 11.4. The van der Waals surface area contributed by atoms with Crippen molar-refractivity contribution in [3.05, 3.63) is 65.2 Å². The zero-order valence-corrected chi connectivity index (χ0v) is 25.2. The van der Waals surface area contributed by atoms with Crippen LogP contribution in [0.5, 0.6) is 0 Å². The van der Waals surface area contributed by atoms with Crippen molar-refractivity contribution in [1.82, 2.24) is 10.6 Å². The highest BCUT2D eigenvalue weighted by atomic mass is 16.6. The number of rotatable bonds is 16. The quantitative estimate of drug-likeness (QED) is 0.240. The SMILES string of the molecule is CCC(C)c1ccc(C(=O)NCCOCCN(C(=O)CCCCNC(=O)OC(C)(C)C)c2ccc(CO)cc2)cc1. The van der Waals surface area contributed by atoms with E-state index in [1.54, 1.807) is 49.9 Å². The summed E-state index contributed by atoms with van der Waals surface area (Å²) in [4.78, 5) is 39.0. The molecule has 41 heavy (non-hydrogen) atoms. The third kappa shape index (κ3) is 12.7. The van der Waals surface area contributed by atoms with Gasteiger partial charge in [-0.05, 0) is 81.3 Å². The summed E-state index contributed by atoms with van der Waals surface area (Å²) < 4.78 is 11.0. The fourth-order valence-corrected chi connectivity index (χ4v) is 4.02. The van der Waals surface area contributed by atoms with Gasteiger partial charge in [0.05, 0.1) is 19.8 Å². The van der Waals surface area contributed by atoms with E-state index in [9.17, 15) is 19.5 Å². The number of alkyl carbamates (subject to hydrolysis) is 1. The topological polar surface area (TPSA) is 117 Å². The molecule has 2 aromatic rings. The van der Waals surface area contributed by atoms with E-state index < -0.39 is 11.7 Å². The fourth-order valence-electron chi connectivity index (χ4n) is 4.02. The summed E-state index contributed by atoms with van der Waals surface area (Å²) in [5.74, 6) is 0.253. The summed E-state index contributed by atoms with van der Waals surface area (Å²) in [7, 11) is 0. The fraction of sp³-hybridized carbons (Fsp3) is 0.531. The minimum Gasteiger partial charge on any atom is -0.444 e. The predicted molar refractivity (Wildman–Crippen MR) is 161 cm³/mol. The number of carbonyl (C=O) groups is 3. The number of ether oxygens (including phenoxy) is 2.